The molecule has 0 saturated carbocycles. The van der Waals surface area contributed by atoms with Gasteiger partial charge in [0.15, 0.2) is 11.4 Å². The van der Waals surface area contributed by atoms with E-state index in [0.717, 1.165) is 5.56 Å². The van der Waals surface area contributed by atoms with Gasteiger partial charge in [-0.3, -0.25) is 14.2 Å². The van der Waals surface area contributed by atoms with Gasteiger partial charge in [-0.15, -0.1) is 0 Å². The molecule has 0 spiro atoms. The number of ether oxygens (including phenoxy) is 1. The van der Waals surface area contributed by atoms with Crippen LogP contribution in [0.15, 0.2) is 99.9 Å². The third-order valence-electron chi connectivity index (χ3n) is 5.98. The Bertz CT molecular complexity index is 1770. The third-order valence-corrected chi connectivity index (χ3v) is 7.22. The number of nitriles is 1. The minimum absolute atomic E-state index is 0.109. The average Bonchev–Trinajstić information content (AvgIpc) is 3.22. The highest BCUT2D eigenvalue weighted by Gasteiger charge is 2.32. The maximum Gasteiger partial charge on any atom is 0.271 e. The van der Waals surface area contributed by atoms with Crippen LogP contribution >= 0.6 is 22.9 Å². The average molecular weight is 541 g/mol. The minimum atomic E-state index is -0.709. The van der Waals surface area contributed by atoms with Crippen LogP contribution in [0.4, 0.5) is 5.69 Å². The zero-order chi connectivity index (χ0) is 26.6. The van der Waals surface area contributed by atoms with Crippen LogP contribution in [0.1, 0.15) is 24.1 Å². The standard InChI is InChI=1S/C29H21ClN4O3S/c1-18-25(27(35)33-22-8-3-2-4-9-22)26(19-11-13-21(30)14-12-19)34-28(36)24(38-29(34)32-18)17-20-7-5-6-10-23(20)37-16-15-31/h2-14,17,26H,16H2,1H3,(H,33,35)/b24-17-/t26-/m1/s1. The maximum absolute atomic E-state index is 13.8. The molecule has 0 fully saturated rings. The van der Waals surface area contributed by atoms with Crippen LogP contribution in [0.25, 0.3) is 6.08 Å². The van der Waals surface area contributed by atoms with Crippen LogP contribution in [-0.4, -0.2) is 17.1 Å². The molecule has 2 heterocycles. The fourth-order valence-corrected chi connectivity index (χ4v) is 5.44. The lowest BCUT2D eigenvalue weighted by atomic mass is 9.95. The Hall–Kier alpha value is -4.45. The van der Waals surface area contributed by atoms with Gasteiger partial charge in [-0.25, -0.2) is 4.99 Å². The largest absolute Gasteiger partial charge is 0.478 e. The molecule has 38 heavy (non-hydrogen) atoms. The molecule has 1 aromatic heterocycles. The van der Waals surface area contributed by atoms with E-state index in [-0.39, 0.29) is 18.1 Å². The smallest absolute Gasteiger partial charge is 0.271 e. The molecule has 0 radical (unpaired) electrons. The lowest BCUT2D eigenvalue weighted by Gasteiger charge is -2.25. The number of nitrogens with zero attached hydrogens (tertiary/aromatic N) is 3. The Morgan fingerprint density at radius 2 is 1.84 bits per heavy atom. The molecule has 1 N–H and O–H groups in total. The van der Waals surface area contributed by atoms with Crippen molar-refractivity contribution in [1.82, 2.24) is 4.57 Å². The number of carbonyl (C=O) groups is 1. The first-order valence-electron chi connectivity index (χ1n) is 11.7. The first-order valence-corrected chi connectivity index (χ1v) is 12.9. The van der Waals surface area contributed by atoms with E-state index in [1.807, 2.05) is 48.5 Å². The predicted octanol–water partition coefficient (Wildman–Crippen LogP) is 4.43. The number of amides is 1. The van der Waals surface area contributed by atoms with Gasteiger partial charge in [0.1, 0.15) is 11.8 Å². The normalized spacial score (nSPS) is 14.9. The highest BCUT2D eigenvalue weighted by atomic mass is 35.5. The van der Waals surface area contributed by atoms with Gasteiger partial charge in [0, 0.05) is 16.3 Å². The van der Waals surface area contributed by atoms with E-state index in [1.54, 1.807) is 54.0 Å². The van der Waals surface area contributed by atoms with Crippen LogP contribution in [0.2, 0.25) is 5.02 Å². The van der Waals surface area contributed by atoms with Crippen molar-refractivity contribution in [3.8, 4) is 11.8 Å². The molecule has 1 aliphatic rings. The first kappa shape index (κ1) is 25.2. The number of hydrogen-bond acceptors (Lipinski definition) is 6. The van der Waals surface area contributed by atoms with Crippen molar-refractivity contribution in [2.45, 2.75) is 13.0 Å². The number of fused-ring (bicyclic) bond motifs is 1. The second-order valence-corrected chi connectivity index (χ2v) is 9.88. The van der Waals surface area contributed by atoms with Gasteiger partial charge in [-0.05, 0) is 48.9 Å². The summed E-state index contributed by atoms with van der Waals surface area (Å²) in [4.78, 5) is 32.5. The van der Waals surface area contributed by atoms with E-state index < -0.39 is 6.04 Å². The molecular formula is C29H21ClN4O3S. The quantitative estimate of drug-likeness (QED) is 0.391. The van der Waals surface area contributed by atoms with Crippen molar-refractivity contribution < 1.29 is 9.53 Å². The molecule has 3 aromatic carbocycles. The molecule has 7 nitrogen and oxygen atoms in total. The number of benzene rings is 3. The summed E-state index contributed by atoms with van der Waals surface area (Å²) in [5, 5.41) is 12.4. The molecule has 1 atom stereocenters. The number of para-hydroxylation sites is 2. The SMILES string of the molecule is CC1=C(C(=O)Nc2ccccc2)[C@@H](c2ccc(Cl)cc2)n2c(s/c(=C\c3ccccc3OCC#N)c2=O)=N1. The molecule has 5 rings (SSSR count). The molecule has 4 aromatic rings. The zero-order valence-electron chi connectivity index (χ0n) is 20.2. The van der Waals surface area contributed by atoms with E-state index in [2.05, 4.69) is 10.3 Å². The molecule has 0 unspecified atom stereocenters. The van der Waals surface area contributed by atoms with Crippen molar-refractivity contribution in [3.63, 3.8) is 0 Å². The number of anilines is 1. The van der Waals surface area contributed by atoms with Crippen molar-refractivity contribution in [2.24, 2.45) is 4.99 Å². The summed E-state index contributed by atoms with van der Waals surface area (Å²) in [6, 6.07) is 24.6. The summed E-state index contributed by atoms with van der Waals surface area (Å²) in [5.74, 6) is 0.148. The van der Waals surface area contributed by atoms with Gasteiger partial charge in [-0.1, -0.05) is 71.5 Å². The van der Waals surface area contributed by atoms with Crippen molar-refractivity contribution in [2.75, 3.05) is 11.9 Å². The van der Waals surface area contributed by atoms with Crippen LogP contribution in [-0.2, 0) is 4.79 Å². The van der Waals surface area contributed by atoms with E-state index in [9.17, 15) is 9.59 Å². The summed E-state index contributed by atoms with van der Waals surface area (Å²) >= 11 is 7.38. The lowest BCUT2D eigenvalue weighted by molar-refractivity contribution is -0.113. The molecule has 0 aliphatic carbocycles. The van der Waals surface area contributed by atoms with Crippen molar-refractivity contribution >= 4 is 40.6 Å². The number of aromatic nitrogens is 1. The topological polar surface area (TPSA) is 96.5 Å². The Kier molecular flexibility index (Phi) is 7.22. The number of rotatable bonds is 6. The zero-order valence-corrected chi connectivity index (χ0v) is 21.8. The summed E-state index contributed by atoms with van der Waals surface area (Å²) in [6.07, 6.45) is 1.72. The van der Waals surface area contributed by atoms with Gasteiger partial charge in [0.25, 0.3) is 11.5 Å². The monoisotopic (exact) mass is 540 g/mol. The van der Waals surface area contributed by atoms with Crippen LogP contribution < -0.4 is 24.9 Å². The van der Waals surface area contributed by atoms with Crippen molar-refractivity contribution in [1.29, 1.82) is 5.26 Å². The fraction of sp³-hybridized carbons (Fsp3) is 0.103. The van der Waals surface area contributed by atoms with E-state index in [0.29, 0.717) is 42.6 Å². The number of hydrogen-bond donors (Lipinski definition) is 1. The summed E-state index contributed by atoms with van der Waals surface area (Å²) in [5.41, 5.74) is 2.62. The van der Waals surface area contributed by atoms with Gasteiger partial charge in [0.2, 0.25) is 0 Å². The Balaban J connectivity index is 1.66. The molecular weight excluding hydrogens is 520 g/mol. The van der Waals surface area contributed by atoms with E-state index >= 15 is 0 Å². The minimum Gasteiger partial charge on any atom is -0.478 e. The van der Waals surface area contributed by atoms with Crippen molar-refractivity contribution in [3.05, 3.63) is 126 Å². The number of halogens is 1. The number of allylic oxidation sites excluding steroid dienone is 1. The fourth-order valence-electron chi connectivity index (χ4n) is 4.27. The molecule has 0 saturated heterocycles. The number of thiazole rings is 1. The first-order chi connectivity index (χ1) is 18.5. The predicted molar refractivity (Wildman–Crippen MR) is 148 cm³/mol. The third kappa shape index (κ3) is 5.02. The highest BCUT2D eigenvalue weighted by molar-refractivity contribution is 7.07. The highest BCUT2D eigenvalue weighted by Crippen LogP contribution is 2.31. The summed E-state index contributed by atoms with van der Waals surface area (Å²) in [7, 11) is 0. The Labute approximate surface area is 227 Å². The molecule has 188 valence electrons. The summed E-state index contributed by atoms with van der Waals surface area (Å²) in [6.45, 7) is 1.66. The second-order valence-electron chi connectivity index (χ2n) is 8.44. The molecule has 1 amide bonds. The maximum atomic E-state index is 13.8. The van der Waals surface area contributed by atoms with Crippen LogP contribution in [0.3, 0.4) is 0 Å². The summed E-state index contributed by atoms with van der Waals surface area (Å²) < 4.78 is 7.50. The van der Waals surface area contributed by atoms with Gasteiger partial charge in [0.05, 0.1) is 21.8 Å². The molecule has 9 heteroatoms. The molecule has 0 bridgehead atoms. The molecule has 1 aliphatic heterocycles. The lowest BCUT2D eigenvalue weighted by Crippen LogP contribution is -2.40. The van der Waals surface area contributed by atoms with Gasteiger partial charge >= 0.3 is 0 Å². The Morgan fingerprint density at radius 1 is 1.13 bits per heavy atom. The van der Waals surface area contributed by atoms with Crippen LogP contribution in [0, 0.1) is 11.3 Å². The number of nitrogens with one attached hydrogen (secondary N) is 1. The van der Waals surface area contributed by atoms with Gasteiger partial charge in [-0.2, -0.15) is 5.26 Å². The Morgan fingerprint density at radius 3 is 2.58 bits per heavy atom. The van der Waals surface area contributed by atoms with Gasteiger partial charge < -0.3 is 10.1 Å². The van der Waals surface area contributed by atoms with Crippen LogP contribution in [0.5, 0.6) is 5.75 Å². The van der Waals surface area contributed by atoms with E-state index in [1.165, 1.54) is 11.3 Å². The number of carbonyl (C=O) groups excluding carboxylic acids is 1. The van der Waals surface area contributed by atoms with E-state index in [4.69, 9.17) is 21.6 Å². The second kappa shape index (κ2) is 10.9.